The van der Waals surface area contributed by atoms with E-state index in [1.807, 2.05) is 0 Å². The molecule has 0 unspecified atom stereocenters. The molecule has 96 valence electrons. The van der Waals surface area contributed by atoms with E-state index in [4.69, 9.17) is 10.5 Å². The third-order valence-corrected chi connectivity index (χ3v) is 1.76. The molecule has 0 aromatic heterocycles. The van der Waals surface area contributed by atoms with E-state index in [0.717, 1.165) is 12.8 Å². The van der Waals surface area contributed by atoms with Crippen molar-refractivity contribution in [1.29, 1.82) is 0 Å². The van der Waals surface area contributed by atoms with Crippen LogP contribution in [-0.4, -0.2) is 37.2 Å². The lowest BCUT2D eigenvalue weighted by Gasteiger charge is -2.32. The maximum atomic E-state index is 10.9. The minimum Gasteiger partial charge on any atom is -0.446 e. The molecule has 1 amide bonds. The van der Waals surface area contributed by atoms with Crippen LogP contribution in [-0.2, 0) is 4.74 Å². The molecular formula is C7H18Cl4N2O2. The molecule has 0 aliphatic heterocycles. The lowest BCUT2D eigenvalue weighted by molar-refractivity contribution is 0.0257. The summed E-state index contributed by atoms with van der Waals surface area (Å²) >= 11 is 0. The van der Waals surface area contributed by atoms with Crippen molar-refractivity contribution in [3.63, 3.8) is 0 Å². The molecule has 0 saturated heterocycles. The van der Waals surface area contributed by atoms with Crippen molar-refractivity contribution < 1.29 is 9.53 Å². The van der Waals surface area contributed by atoms with Gasteiger partial charge in [-0.3, -0.25) is 0 Å². The van der Waals surface area contributed by atoms with Crippen LogP contribution in [0.3, 0.4) is 0 Å². The highest BCUT2D eigenvalue weighted by Gasteiger charge is 2.29. The number of rotatable bonds is 1. The fraction of sp³-hybridized carbons (Fsp3) is 0.857. The highest BCUT2D eigenvalue weighted by molar-refractivity contribution is 5.86. The summed E-state index contributed by atoms with van der Waals surface area (Å²) in [6.45, 7) is 0. The zero-order chi connectivity index (χ0) is 8.43. The van der Waals surface area contributed by atoms with E-state index in [0.29, 0.717) is 0 Å². The molecule has 0 heterocycles. The molecule has 1 aliphatic rings. The van der Waals surface area contributed by atoms with Gasteiger partial charge in [0.15, 0.2) is 0 Å². The fourth-order valence-corrected chi connectivity index (χ4v) is 0.951. The van der Waals surface area contributed by atoms with Crippen molar-refractivity contribution >= 4 is 55.7 Å². The number of hydrogen-bond donors (Lipinski definition) is 1. The highest BCUT2D eigenvalue weighted by atomic mass is 35.5. The molecule has 2 N–H and O–H groups in total. The van der Waals surface area contributed by atoms with E-state index in [-0.39, 0.29) is 67.9 Å². The molecule has 1 saturated carbocycles. The van der Waals surface area contributed by atoms with Crippen molar-refractivity contribution in [2.45, 2.75) is 25.0 Å². The summed E-state index contributed by atoms with van der Waals surface area (Å²) in [5.74, 6) is 0. The number of halogens is 4. The Bertz CT molecular complexity index is 165. The maximum Gasteiger partial charge on any atom is 0.409 e. The number of carbonyl (C=O) groups is 1. The van der Waals surface area contributed by atoms with Gasteiger partial charge in [0, 0.05) is 20.1 Å². The molecule has 8 heteroatoms. The summed E-state index contributed by atoms with van der Waals surface area (Å²) in [4.78, 5) is 12.3. The standard InChI is InChI=1S/C7H14N2O2.4ClH/c1-9(2)7(10)11-6-3-5(8)4-6;;;;/h5-6H,3-4,8H2,1-2H3;4*1H. The lowest BCUT2D eigenvalue weighted by Crippen LogP contribution is -2.44. The second kappa shape index (κ2) is 10.9. The Morgan fingerprint density at radius 3 is 1.87 bits per heavy atom. The van der Waals surface area contributed by atoms with E-state index < -0.39 is 0 Å². The van der Waals surface area contributed by atoms with Gasteiger partial charge in [-0.15, -0.1) is 49.6 Å². The molecule has 4 nitrogen and oxygen atoms in total. The molecule has 1 rings (SSSR count). The predicted molar refractivity (Wildman–Crippen MR) is 70.2 cm³/mol. The molecule has 0 radical (unpaired) electrons. The molecule has 1 aliphatic carbocycles. The van der Waals surface area contributed by atoms with Crippen molar-refractivity contribution in [3.05, 3.63) is 0 Å². The molecule has 0 spiro atoms. The Morgan fingerprint density at radius 2 is 1.60 bits per heavy atom. The largest absolute Gasteiger partial charge is 0.446 e. The zero-order valence-electron chi connectivity index (χ0n) is 8.54. The third kappa shape index (κ3) is 8.22. The quantitative estimate of drug-likeness (QED) is 0.804. The van der Waals surface area contributed by atoms with Crippen LogP contribution in [0.5, 0.6) is 0 Å². The zero-order valence-corrected chi connectivity index (χ0v) is 11.8. The van der Waals surface area contributed by atoms with Crippen molar-refractivity contribution in [3.8, 4) is 0 Å². The summed E-state index contributed by atoms with van der Waals surface area (Å²) in [5.41, 5.74) is 5.52. The summed E-state index contributed by atoms with van der Waals surface area (Å²) in [5, 5.41) is 0. The number of amides is 1. The summed E-state index contributed by atoms with van der Waals surface area (Å²) < 4.78 is 5.03. The second-order valence-electron chi connectivity index (χ2n) is 3.13. The lowest BCUT2D eigenvalue weighted by atomic mass is 9.90. The Balaban J connectivity index is -0.000000151. The van der Waals surface area contributed by atoms with E-state index >= 15 is 0 Å². The third-order valence-electron chi connectivity index (χ3n) is 1.76. The Morgan fingerprint density at radius 1 is 1.20 bits per heavy atom. The van der Waals surface area contributed by atoms with Gasteiger partial charge in [0.2, 0.25) is 0 Å². The number of carbonyl (C=O) groups excluding carboxylic acids is 1. The van der Waals surface area contributed by atoms with Crippen LogP contribution in [0.4, 0.5) is 4.79 Å². The number of nitrogens with two attached hydrogens (primary N) is 1. The van der Waals surface area contributed by atoms with Gasteiger partial charge >= 0.3 is 6.09 Å². The van der Waals surface area contributed by atoms with Crippen molar-refractivity contribution in [1.82, 2.24) is 4.90 Å². The van der Waals surface area contributed by atoms with Gasteiger partial charge in [0.05, 0.1) is 0 Å². The number of ether oxygens (including phenoxy) is 1. The van der Waals surface area contributed by atoms with E-state index in [9.17, 15) is 4.79 Å². The average molecular weight is 304 g/mol. The average Bonchev–Trinajstić information content (AvgIpc) is 1.84. The highest BCUT2D eigenvalue weighted by Crippen LogP contribution is 2.21. The first-order chi connectivity index (χ1) is 5.09. The first kappa shape index (κ1) is 24.6. The monoisotopic (exact) mass is 302 g/mol. The Kier molecular flexibility index (Phi) is 17.8. The Labute approximate surface area is 115 Å². The summed E-state index contributed by atoms with van der Waals surface area (Å²) in [6.07, 6.45) is 1.39. The van der Waals surface area contributed by atoms with Crippen LogP contribution < -0.4 is 5.73 Å². The number of hydrogen-bond acceptors (Lipinski definition) is 3. The van der Waals surface area contributed by atoms with Gasteiger partial charge in [0.1, 0.15) is 6.10 Å². The first-order valence-electron chi connectivity index (χ1n) is 3.73. The topological polar surface area (TPSA) is 55.6 Å². The van der Waals surface area contributed by atoms with Crippen LogP contribution in [0.2, 0.25) is 0 Å². The van der Waals surface area contributed by atoms with Gasteiger partial charge in [-0.2, -0.15) is 0 Å². The predicted octanol–water partition coefficient (Wildman–Crippen LogP) is 1.86. The normalized spacial score (nSPS) is 21.3. The van der Waals surface area contributed by atoms with E-state index in [2.05, 4.69) is 0 Å². The van der Waals surface area contributed by atoms with Crippen LogP contribution >= 0.6 is 49.6 Å². The van der Waals surface area contributed by atoms with Gasteiger partial charge in [-0.05, 0) is 12.8 Å². The minimum absolute atomic E-state index is 0. The van der Waals surface area contributed by atoms with Gasteiger partial charge in [-0.25, -0.2) is 4.79 Å². The molecule has 0 aromatic rings. The summed E-state index contributed by atoms with van der Waals surface area (Å²) in [7, 11) is 3.34. The van der Waals surface area contributed by atoms with Gasteiger partial charge in [0.25, 0.3) is 0 Å². The van der Waals surface area contributed by atoms with Gasteiger partial charge in [-0.1, -0.05) is 0 Å². The molecule has 15 heavy (non-hydrogen) atoms. The van der Waals surface area contributed by atoms with Crippen LogP contribution in [0.15, 0.2) is 0 Å². The molecule has 1 fully saturated rings. The fourth-order valence-electron chi connectivity index (χ4n) is 0.951. The summed E-state index contributed by atoms with van der Waals surface area (Å²) in [6, 6.07) is 0.231. The van der Waals surface area contributed by atoms with Crippen LogP contribution in [0.1, 0.15) is 12.8 Å². The van der Waals surface area contributed by atoms with Crippen LogP contribution in [0.25, 0.3) is 0 Å². The van der Waals surface area contributed by atoms with Crippen molar-refractivity contribution in [2.24, 2.45) is 5.73 Å². The van der Waals surface area contributed by atoms with Crippen LogP contribution in [0, 0.1) is 0 Å². The van der Waals surface area contributed by atoms with Gasteiger partial charge < -0.3 is 15.4 Å². The second-order valence-corrected chi connectivity index (χ2v) is 3.13. The molecule has 0 aromatic carbocycles. The number of nitrogens with zero attached hydrogens (tertiary/aromatic N) is 1. The molecular weight excluding hydrogens is 286 g/mol. The molecule has 0 atom stereocenters. The van der Waals surface area contributed by atoms with E-state index in [1.54, 1.807) is 14.1 Å². The first-order valence-corrected chi connectivity index (χ1v) is 3.73. The molecule has 0 bridgehead atoms. The SMILES string of the molecule is CN(C)C(=O)OC1CC(N)C1.Cl.Cl.Cl.Cl. The smallest absolute Gasteiger partial charge is 0.409 e. The minimum atomic E-state index is -0.276. The Hall–Kier alpha value is 0.390. The van der Waals surface area contributed by atoms with E-state index in [1.165, 1.54) is 4.90 Å². The van der Waals surface area contributed by atoms with Crippen molar-refractivity contribution in [2.75, 3.05) is 14.1 Å². The maximum absolute atomic E-state index is 10.9.